The second-order valence-corrected chi connectivity index (χ2v) is 46.8. The fourth-order valence-electron chi connectivity index (χ4n) is 9.65. The summed E-state index contributed by atoms with van der Waals surface area (Å²) in [6.07, 6.45) is 24.8. The van der Waals surface area contributed by atoms with Crippen molar-refractivity contribution in [3.63, 3.8) is 0 Å². The van der Waals surface area contributed by atoms with Crippen LogP contribution in [0.15, 0.2) is 96.9 Å². The largest absolute Gasteiger partial charge is 0.147 e. The molecule has 0 aromatic heterocycles. The zero-order chi connectivity index (χ0) is 32.2. The molecule has 6 atom stereocenters. The summed E-state index contributed by atoms with van der Waals surface area (Å²) in [6.45, 7) is 11.5. The van der Waals surface area contributed by atoms with Crippen molar-refractivity contribution >= 4 is 43.8 Å². The predicted molar refractivity (Wildman–Crippen MR) is 200 cm³/mol. The third kappa shape index (κ3) is 5.06. The summed E-state index contributed by atoms with van der Waals surface area (Å²) in [5.41, 5.74) is 9.43. The molecule has 2 aliphatic carbocycles. The van der Waals surface area contributed by atoms with E-state index in [4.69, 9.17) is 18.9 Å². The predicted octanol–water partition coefficient (Wildman–Crippen LogP) is 10.1. The monoisotopic (exact) mass is 780 g/mol. The van der Waals surface area contributed by atoms with Crippen molar-refractivity contribution in [1.29, 1.82) is 0 Å². The number of ether oxygens (including phenoxy) is 4. The van der Waals surface area contributed by atoms with E-state index in [9.17, 15) is 0 Å². The van der Waals surface area contributed by atoms with E-state index >= 15 is 0 Å². The Bertz CT molecular complexity index is 1760. The van der Waals surface area contributed by atoms with Gasteiger partial charge in [-0.1, -0.05) is 0 Å². The number of rotatable bonds is 6. The Kier molecular flexibility index (Phi) is 8.64. The molecule has 0 amide bonds. The molecule has 2 aromatic carbocycles. The van der Waals surface area contributed by atoms with Crippen LogP contribution >= 0.6 is 24.8 Å². The molecule has 6 unspecified atom stereocenters. The van der Waals surface area contributed by atoms with Crippen LogP contribution in [0.25, 0.3) is 12.2 Å². The van der Waals surface area contributed by atoms with E-state index in [-0.39, 0.29) is 43.3 Å². The minimum Gasteiger partial charge on any atom is -0.147 e. The Balaban J connectivity index is 0.00000201. The van der Waals surface area contributed by atoms with E-state index in [1.165, 1.54) is 44.5 Å². The van der Waals surface area contributed by atoms with Crippen molar-refractivity contribution in [2.45, 2.75) is 92.3 Å². The fourth-order valence-corrected chi connectivity index (χ4v) is 28.9. The van der Waals surface area contributed by atoms with Gasteiger partial charge >= 0.3 is 278 Å². The van der Waals surface area contributed by atoms with Gasteiger partial charge in [-0.05, 0) is 0 Å². The second-order valence-electron chi connectivity index (χ2n) is 16.3. The van der Waals surface area contributed by atoms with Crippen LogP contribution in [0.2, 0.25) is 9.26 Å². The van der Waals surface area contributed by atoms with Gasteiger partial charge in [0.1, 0.15) is 0 Å². The molecule has 8 heteroatoms. The molecular formula is C40H48Cl2O4SiZr. The molecule has 4 heterocycles. The topological polar surface area (TPSA) is 36.9 Å². The van der Waals surface area contributed by atoms with E-state index in [0.29, 0.717) is 0 Å². The fraction of sp³-hybridized carbons (Fsp3) is 0.400. The summed E-state index contributed by atoms with van der Waals surface area (Å²) in [7, 11) is 0. The molecule has 8 rings (SSSR count). The zero-order valence-corrected chi connectivity index (χ0v) is 34.4. The summed E-state index contributed by atoms with van der Waals surface area (Å²) in [6, 6.07) is 13.9. The summed E-state index contributed by atoms with van der Waals surface area (Å²) in [4.78, 5) is 0. The van der Waals surface area contributed by atoms with Gasteiger partial charge < -0.3 is 0 Å². The standard InChI is InChI=1S/2C19H19O2.2CH3.2ClH.H2Si.Zr/c2*1-18(8-4-10-20-18)15-12-14-6-3-7-17(16(14)13-15)19(2)9-5-11-21-19;;;;;;/h2*3-7,10-13H,8-9H2,1-2H3;2*1H3;2*1H;1H2;. The summed E-state index contributed by atoms with van der Waals surface area (Å²) in [5.74, 6) is 0. The SMILES string of the molecule is CC1(C2=Cc3c(cccc3C3(C)CC=CO3)[CH]2[Zr]([CH3])([CH3])(=[SiH2])[CH]2C(C3(C)CC=CO3)=Cc3c2cccc3C2(C)CC=CO2)CC=CO1.Cl.Cl. The van der Waals surface area contributed by atoms with Gasteiger partial charge in [0.25, 0.3) is 0 Å². The van der Waals surface area contributed by atoms with Gasteiger partial charge in [-0.25, -0.2) is 0 Å². The first-order valence-corrected chi connectivity index (χ1v) is 30.5. The van der Waals surface area contributed by atoms with Crippen molar-refractivity contribution < 1.29 is 36.3 Å². The molecule has 6 aliphatic rings. The Morgan fingerprint density at radius 2 is 0.896 bits per heavy atom. The van der Waals surface area contributed by atoms with Crippen LogP contribution in [0.5, 0.6) is 0 Å². The maximum Gasteiger partial charge on any atom is -0.147 e. The number of hydrogen-bond acceptors (Lipinski definition) is 4. The molecule has 4 aliphatic heterocycles. The molecule has 0 fully saturated rings. The van der Waals surface area contributed by atoms with Gasteiger partial charge in [-0.15, -0.1) is 24.8 Å². The van der Waals surface area contributed by atoms with Crippen molar-refractivity contribution in [1.82, 2.24) is 0 Å². The van der Waals surface area contributed by atoms with Gasteiger partial charge in [0, 0.05) is 0 Å². The van der Waals surface area contributed by atoms with E-state index in [1.54, 1.807) is 0 Å². The van der Waals surface area contributed by atoms with Crippen LogP contribution in [-0.4, -0.2) is 18.1 Å². The Labute approximate surface area is 300 Å². The van der Waals surface area contributed by atoms with Gasteiger partial charge in [0.15, 0.2) is 0 Å². The van der Waals surface area contributed by atoms with Gasteiger partial charge in [0.05, 0.1) is 0 Å². The van der Waals surface area contributed by atoms with E-state index in [1.807, 2.05) is 25.0 Å². The molecule has 254 valence electrons. The van der Waals surface area contributed by atoms with Crippen molar-refractivity contribution in [2.24, 2.45) is 0 Å². The van der Waals surface area contributed by atoms with Crippen LogP contribution in [0, 0.1) is 0 Å². The molecule has 0 saturated carbocycles. The number of halogens is 2. The summed E-state index contributed by atoms with van der Waals surface area (Å²) < 4.78 is 31.7. The smallest absolute Gasteiger partial charge is 0.147 e. The molecule has 48 heavy (non-hydrogen) atoms. The molecule has 4 nitrogen and oxygen atoms in total. The molecule has 0 spiro atoms. The molecule has 0 bridgehead atoms. The maximum absolute atomic E-state index is 6.57. The Morgan fingerprint density at radius 3 is 1.21 bits per heavy atom. The van der Waals surface area contributed by atoms with Gasteiger partial charge in [-0.3, -0.25) is 0 Å². The first-order chi connectivity index (χ1) is 21.8. The Hall–Kier alpha value is -2.24. The van der Waals surface area contributed by atoms with Crippen LogP contribution in [0.4, 0.5) is 0 Å². The number of fused-ring (bicyclic) bond motifs is 2. The minimum absolute atomic E-state index is 0. The maximum atomic E-state index is 6.57. The average Bonchev–Trinajstić information content (AvgIpc) is 3.85. The molecular weight excluding hydrogens is 735 g/mol. The van der Waals surface area contributed by atoms with E-state index in [0.717, 1.165) is 25.7 Å². The normalized spacial score (nSPS) is 33.9. The molecule has 0 N–H and O–H groups in total. The average molecular weight is 783 g/mol. The third-order valence-electron chi connectivity index (χ3n) is 12.1. The van der Waals surface area contributed by atoms with Crippen molar-refractivity contribution in [3.8, 4) is 0 Å². The molecule has 2 aromatic rings. The molecule has 0 radical (unpaired) electrons. The minimum atomic E-state index is -4.10. The van der Waals surface area contributed by atoms with E-state index < -0.39 is 28.6 Å². The summed E-state index contributed by atoms with van der Waals surface area (Å²) >= 11 is -4.10. The third-order valence-corrected chi connectivity index (χ3v) is 29.3. The Morgan fingerprint density at radius 1 is 0.562 bits per heavy atom. The van der Waals surface area contributed by atoms with Gasteiger partial charge in [-0.2, -0.15) is 0 Å². The van der Waals surface area contributed by atoms with Gasteiger partial charge in [0.2, 0.25) is 0 Å². The van der Waals surface area contributed by atoms with Crippen molar-refractivity contribution in [3.05, 3.63) is 130 Å². The van der Waals surface area contributed by atoms with E-state index in [2.05, 4.69) is 117 Å². The van der Waals surface area contributed by atoms with Crippen LogP contribution in [0.3, 0.4) is 0 Å². The first kappa shape index (κ1) is 35.6. The van der Waals surface area contributed by atoms with Crippen LogP contribution in [0.1, 0.15) is 94.0 Å². The molecule has 0 saturated heterocycles. The van der Waals surface area contributed by atoms with Crippen LogP contribution < -0.4 is 0 Å². The first-order valence-electron chi connectivity index (χ1n) is 16.9. The number of benzene rings is 2. The zero-order valence-electron chi connectivity index (χ0n) is 28.9. The van der Waals surface area contributed by atoms with Crippen LogP contribution in [-0.2, 0) is 47.5 Å². The summed E-state index contributed by atoms with van der Waals surface area (Å²) in [5, 5.41) is 0. The second kappa shape index (κ2) is 11.7. The quantitative estimate of drug-likeness (QED) is 0.274. The number of hydrogen-bond donors (Lipinski definition) is 0. The van der Waals surface area contributed by atoms with Crippen molar-refractivity contribution in [2.75, 3.05) is 0 Å².